The quantitative estimate of drug-likeness (QED) is 0.824. The van der Waals surface area contributed by atoms with E-state index in [0.29, 0.717) is 5.02 Å². The number of hydrogen-bond donors (Lipinski definition) is 2. The van der Waals surface area contributed by atoms with Gasteiger partial charge in [0.25, 0.3) is 5.91 Å². The van der Waals surface area contributed by atoms with Crippen LogP contribution in [0.15, 0.2) is 36.4 Å². The van der Waals surface area contributed by atoms with Gasteiger partial charge in [-0.3, -0.25) is 4.79 Å². The van der Waals surface area contributed by atoms with E-state index >= 15 is 0 Å². The smallest absolute Gasteiger partial charge is 0.255 e. The Morgan fingerprint density at radius 1 is 1.16 bits per heavy atom. The molecule has 0 saturated carbocycles. The summed E-state index contributed by atoms with van der Waals surface area (Å²) in [4.78, 5) is 11.9. The summed E-state index contributed by atoms with van der Waals surface area (Å²) in [6, 6.07) is 8.41. The normalized spacial score (nSPS) is 10.3. The number of amides is 1. The molecule has 0 unspecified atom stereocenters. The van der Waals surface area contributed by atoms with Crippen molar-refractivity contribution in [1.29, 1.82) is 0 Å². The molecule has 0 radical (unpaired) electrons. The molecule has 0 bridgehead atoms. The van der Waals surface area contributed by atoms with Crippen LogP contribution in [-0.2, 0) is 0 Å². The average Bonchev–Trinajstić information content (AvgIpc) is 2.36. The second-order valence-electron chi connectivity index (χ2n) is 3.81. The minimum atomic E-state index is -0.609. The van der Waals surface area contributed by atoms with Crippen molar-refractivity contribution in [2.45, 2.75) is 0 Å². The first-order valence-electron chi connectivity index (χ1n) is 5.29. The fourth-order valence-electron chi connectivity index (χ4n) is 1.47. The first-order chi connectivity index (χ1) is 8.97. The number of hydrogen-bond acceptors (Lipinski definition) is 2. The van der Waals surface area contributed by atoms with Gasteiger partial charge < -0.3 is 11.1 Å². The van der Waals surface area contributed by atoms with Crippen LogP contribution in [0.3, 0.4) is 0 Å². The molecule has 98 valence electrons. The number of benzene rings is 2. The van der Waals surface area contributed by atoms with E-state index in [2.05, 4.69) is 5.32 Å². The molecule has 0 aliphatic heterocycles. The predicted molar refractivity (Wildman–Crippen MR) is 75.2 cm³/mol. The van der Waals surface area contributed by atoms with Crippen LogP contribution in [0, 0.1) is 5.82 Å². The molecule has 2 aromatic rings. The Balaban J connectivity index is 2.23. The molecule has 0 fully saturated rings. The first-order valence-corrected chi connectivity index (χ1v) is 6.04. The predicted octanol–water partition coefficient (Wildman–Crippen LogP) is 3.97. The van der Waals surface area contributed by atoms with E-state index in [9.17, 15) is 9.18 Å². The Labute approximate surface area is 119 Å². The Morgan fingerprint density at radius 2 is 1.89 bits per heavy atom. The number of carbonyl (C=O) groups is 1. The van der Waals surface area contributed by atoms with Crippen LogP contribution in [0.5, 0.6) is 0 Å². The van der Waals surface area contributed by atoms with E-state index in [1.807, 2.05) is 0 Å². The second kappa shape index (κ2) is 5.47. The largest absolute Gasteiger partial charge is 0.398 e. The van der Waals surface area contributed by atoms with Gasteiger partial charge in [0.2, 0.25) is 0 Å². The van der Waals surface area contributed by atoms with Gasteiger partial charge in [-0.25, -0.2) is 4.39 Å². The Bertz CT molecular complexity index is 647. The van der Waals surface area contributed by atoms with Gasteiger partial charge >= 0.3 is 0 Å². The lowest BCUT2D eigenvalue weighted by atomic mass is 10.2. The van der Waals surface area contributed by atoms with Crippen LogP contribution >= 0.6 is 23.2 Å². The summed E-state index contributed by atoms with van der Waals surface area (Å²) in [6.07, 6.45) is 0. The molecule has 0 aliphatic rings. The molecule has 19 heavy (non-hydrogen) atoms. The van der Waals surface area contributed by atoms with Crippen LogP contribution in [-0.4, -0.2) is 5.91 Å². The maximum Gasteiger partial charge on any atom is 0.255 e. The van der Waals surface area contributed by atoms with E-state index in [-0.39, 0.29) is 22.0 Å². The van der Waals surface area contributed by atoms with Crippen molar-refractivity contribution in [2.24, 2.45) is 0 Å². The van der Waals surface area contributed by atoms with Gasteiger partial charge in [-0.05, 0) is 36.4 Å². The Morgan fingerprint density at radius 3 is 2.53 bits per heavy atom. The van der Waals surface area contributed by atoms with Crippen LogP contribution in [0.1, 0.15) is 10.4 Å². The second-order valence-corrected chi connectivity index (χ2v) is 4.66. The molecule has 2 rings (SSSR count). The van der Waals surface area contributed by atoms with E-state index in [1.54, 1.807) is 0 Å². The van der Waals surface area contributed by atoms with Gasteiger partial charge in [0.1, 0.15) is 5.82 Å². The minimum absolute atomic E-state index is 0.0444. The van der Waals surface area contributed by atoms with Gasteiger partial charge in [-0.15, -0.1) is 0 Å². The maximum absolute atomic E-state index is 13.5. The highest BCUT2D eigenvalue weighted by molar-refractivity contribution is 6.33. The van der Waals surface area contributed by atoms with E-state index in [4.69, 9.17) is 28.9 Å². The summed E-state index contributed by atoms with van der Waals surface area (Å²) in [5.41, 5.74) is 6.21. The molecule has 0 aliphatic carbocycles. The number of carbonyl (C=O) groups excluding carboxylic acids is 1. The number of nitrogen functional groups attached to an aromatic ring is 1. The fourth-order valence-corrected chi connectivity index (χ4v) is 1.75. The molecular formula is C13H9Cl2FN2O. The lowest BCUT2D eigenvalue weighted by molar-refractivity contribution is 0.102. The van der Waals surface area contributed by atoms with Gasteiger partial charge in [0.05, 0.1) is 16.4 Å². The molecule has 0 aromatic heterocycles. The molecule has 1 amide bonds. The molecule has 0 saturated heterocycles. The molecular weight excluding hydrogens is 290 g/mol. The first kappa shape index (κ1) is 13.6. The number of nitrogens with one attached hydrogen (secondary N) is 1. The Hall–Kier alpha value is -1.78. The van der Waals surface area contributed by atoms with E-state index in [0.717, 1.165) is 6.07 Å². The van der Waals surface area contributed by atoms with Gasteiger partial charge in [0, 0.05) is 10.6 Å². The van der Waals surface area contributed by atoms with Crippen LogP contribution in [0.4, 0.5) is 15.8 Å². The SMILES string of the molecule is Nc1cc(C(=O)Nc2ccc(Cl)cc2F)ccc1Cl. The van der Waals surface area contributed by atoms with E-state index < -0.39 is 11.7 Å². The molecule has 0 heterocycles. The zero-order valence-corrected chi connectivity index (χ0v) is 11.1. The summed E-state index contributed by atoms with van der Waals surface area (Å²) in [5, 5.41) is 3.04. The van der Waals surface area contributed by atoms with Crippen molar-refractivity contribution in [3.8, 4) is 0 Å². The third-order valence-corrected chi connectivity index (χ3v) is 3.02. The zero-order chi connectivity index (χ0) is 14.0. The van der Waals surface area contributed by atoms with Crippen molar-refractivity contribution in [3.05, 3.63) is 57.8 Å². The summed E-state index contributed by atoms with van der Waals surface area (Å²) in [7, 11) is 0. The van der Waals surface area contributed by atoms with Crippen molar-refractivity contribution in [3.63, 3.8) is 0 Å². The standard InChI is InChI=1S/C13H9Cl2FN2O/c14-8-2-4-12(10(16)6-8)18-13(19)7-1-3-9(15)11(17)5-7/h1-6H,17H2,(H,18,19). The van der Waals surface area contributed by atoms with Crippen molar-refractivity contribution in [1.82, 2.24) is 0 Å². The third-order valence-electron chi connectivity index (χ3n) is 2.44. The number of nitrogens with two attached hydrogens (primary N) is 1. The van der Waals surface area contributed by atoms with Gasteiger partial charge in [-0.1, -0.05) is 23.2 Å². The summed E-state index contributed by atoms with van der Waals surface area (Å²) < 4.78 is 13.5. The molecule has 6 heteroatoms. The average molecular weight is 299 g/mol. The summed E-state index contributed by atoms with van der Waals surface area (Å²) >= 11 is 11.4. The monoisotopic (exact) mass is 298 g/mol. The lowest BCUT2D eigenvalue weighted by Crippen LogP contribution is -2.13. The fraction of sp³-hybridized carbons (Fsp3) is 0. The number of anilines is 2. The van der Waals surface area contributed by atoms with Crippen molar-refractivity contribution >= 4 is 40.5 Å². The molecule has 3 N–H and O–H groups in total. The van der Waals surface area contributed by atoms with Crippen molar-refractivity contribution in [2.75, 3.05) is 11.1 Å². The van der Waals surface area contributed by atoms with Gasteiger partial charge in [0.15, 0.2) is 0 Å². The van der Waals surface area contributed by atoms with Crippen LogP contribution in [0.25, 0.3) is 0 Å². The molecule has 0 spiro atoms. The van der Waals surface area contributed by atoms with Gasteiger partial charge in [-0.2, -0.15) is 0 Å². The topological polar surface area (TPSA) is 55.1 Å². The maximum atomic E-state index is 13.5. The highest BCUT2D eigenvalue weighted by Gasteiger charge is 2.10. The van der Waals surface area contributed by atoms with Crippen LogP contribution < -0.4 is 11.1 Å². The highest BCUT2D eigenvalue weighted by atomic mass is 35.5. The zero-order valence-electron chi connectivity index (χ0n) is 9.58. The minimum Gasteiger partial charge on any atom is -0.398 e. The number of rotatable bonds is 2. The molecule has 3 nitrogen and oxygen atoms in total. The highest BCUT2D eigenvalue weighted by Crippen LogP contribution is 2.22. The third kappa shape index (κ3) is 3.16. The van der Waals surface area contributed by atoms with E-state index in [1.165, 1.54) is 30.3 Å². The summed E-state index contributed by atoms with van der Waals surface area (Å²) in [5.74, 6) is -1.09. The Kier molecular flexibility index (Phi) is 3.93. The summed E-state index contributed by atoms with van der Waals surface area (Å²) in [6.45, 7) is 0. The van der Waals surface area contributed by atoms with Crippen LogP contribution in [0.2, 0.25) is 10.0 Å². The molecule has 0 atom stereocenters. The van der Waals surface area contributed by atoms with Crippen molar-refractivity contribution < 1.29 is 9.18 Å². The lowest BCUT2D eigenvalue weighted by Gasteiger charge is -2.07. The number of halogens is 3. The molecule has 2 aromatic carbocycles.